The predicted molar refractivity (Wildman–Crippen MR) is 101 cm³/mol. The zero-order chi connectivity index (χ0) is 17.5. The first-order valence-corrected chi connectivity index (χ1v) is 9.06. The molecule has 3 rings (SSSR count). The number of nitrogens with zero attached hydrogens (tertiary/aromatic N) is 1. The van der Waals surface area contributed by atoms with Crippen LogP contribution >= 0.6 is 0 Å². The molecule has 0 aromatic heterocycles. The smallest absolute Gasteiger partial charge is 0.312 e. The number of benzene rings is 2. The summed E-state index contributed by atoms with van der Waals surface area (Å²) in [4.78, 5) is 13.4. The van der Waals surface area contributed by atoms with Gasteiger partial charge in [0, 0.05) is 13.1 Å². The molecule has 0 aliphatic carbocycles. The monoisotopic (exact) mass is 337 g/mol. The second kappa shape index (κ2) is 8.67. The number of carbonyl (C=O) groups is 1. The zero-order valence-electron chi connectivity index (χ0n) is 14.7. The first-order valence-electron chi connectivity index (χ1n) is 9.06. The Balaban J connectivity index is 1.47. The van der Waals surface area contributed by atoms with Crippen molar-refractivity contribution in [3.05, 3.63) is 71.3 Å². The summed E-state index contributed by atoms with van der Waals surface area (Å²) >= 11 is 0. The quantitative estimate of drug-likeness (QED) is 0.849. The fourth-order valence-corrected chi connectivity index (χ4v) is 3.58. The molecule has 0 spiro atoms. The maximum absolute atomic E-state index is 10.8. The van der Waals surface area contributed by atoms with Crippen LogP contribution in [-0.4, -0.2) is 24.0 Å². The van der Waals surface area contributed by atoms with Crippen LogP contribution in [0.3, 0.4) is 0 Å². The molecule has 4 nitrogen and oxygen atoms in total. The number of hydrogen-bond acceptors (Lipinski definition) is 2. The largest absolute Gasteiger partial charge is 0.352 e. The maximum Gasteiger partial charge on any atom is 0.312 e. The highest BCUT2D eigenvalue weighted by atomic mass is 16.2. The highest BCUT2D eigenvalue weighted by molar-refractivity contribution is 5.71. The lowest BCUT2D eigenvalue weighted by Gasteiger charge is -2.32. The Hall–Kier alpha value is -2.33. The second-order valence-corrected chi connectivity index (χ2v) is 6.95. The topological polar surface area (TPSA) is 58.4 Å². The number of carbonyl (C=O) groups excluding carboxylic acids is 1. The second-order valence-electron chi connectivity index (χ2n) is 6.95. The predicted octanol–water partition coefficient (Wildman–Crippen LogP) is 3.31. The standard InChI is InChI=1S/C21H27N3O/c22-21(25)23-15-19-7-4-8-20(14-19)16-24-11-9-18(10-12-24)13-17-5-2-1-3-6-17/h1-8,14,18H,9-13,15-16H2,(H3,22,23,25). The fraction of sp³-hybridized carbons (Fsp3) is 0.381. The molecule has 1 saturated heterocycles. The van der Waals surface area contributed by atoms with Crippen LogP contribution in [0, 0.1) is 5.92 Å². The van der Waals surface area contributed by atoms with Crippen molar-refractivity contribution in [1.82, 2.24) is 10.2 Å². The molecule has 1 aliphatic rings. The van der Waals surface area contributed by atoms with Crippen molar-refractivity contribution >= 4 is 6.03 Å². The Labute approximate surface area is 150 Å². The van der Waals surface area contributed by atoms with Crippen molar-refractivity contribution in [3.8, 4) is 0 Å². The van der Waals surface area contributed by atoms with Crippen LogP contribution < -0.4 is 11.1 Å². The van der Waals surface area contributed by atoms with Crippen molar-refractivity contribution in [3.63, 3.8) is 0 Å². The third-order valence-corrected chi connectivity index (χ3v) is 4.94. The first kappa shape index (κ1) is 17.5. The highest BCUT2D eigenvalue weighted by Crippen LogP contribution is 2.23. The summed E-state index contributed by atoms with van der Waals surface area (Å²) in [6.45, 7) is 3.77. The van der Waals surface area contributed by atoms with Gasteiger partial charge in [0.1, 0.15) is 0 Å². The molecule has 0 atom stereocenters. The summed E-state index contributed by atoms with van der Waals surface area (Å²) < 4.78 is 0. The molecule has 1 fully saturated rings. The van der Waals surface area contributed by atoms with Crippen LogP contribution in [-0.2, 0) is 19.5 Å². The molecule has 0 bridgehead atoms. The van der Waals surface area contributed by atoms with Crippen molar-refractivity contribution in [2.75, 3.05) is 13.1 Å². The Morgan fingerprint density at radius 1 is 1.00 bits per heavy atom. The van der Waals surface area contributed by atoms with Crippen LogP contribution in [0.25, 0.3) is 0 Å². The van der Waals surface area contributed by atoms with Gasteiger partial charge in [-0.15, -0.1) is 0 Å². The van der Waals surface area contributed by atoms with Gasteiger partial charge in [0.15, 0.2) is 0 Å². The van der Waals surface area contributed by atoms with Gasteiger partial charge in [-0.25, -0.2) is 4.79 Å². The van der Waals surface area contributed by atoms with E-state index < -0.39 is 6.03 Å². The average molecular weight is 337 g/mol. The number of amides is 2. The summed E-state index contributed by atoms with van der Waals surface area (Å²) in [5, 5.41) is 2.65. The minimum atomic E-state index is -0.481. The molecule has 4 heteroatoms. The van der Waals surface area contributed by atoms with E-state index in [2.05, 4.69) is 58.7 Å². The van der Waals surface area contributed by atoms with E-state index in [0.29, 0.717) is 6.54 Å². The van der Waals surface area contributed by atoms with E-state index in [4.69, 9.17) is 5.73 Å². The van der Waals surface area contributed by atoms with Gasteiger partial charge in [-0.05, 0) is 55.0 Å². The molecule has 2 aromatic rings. The van der Waals surface area contributed by atoms with E-state index in [1.807, 2.05) is 6.07 Å². The third-order valence-electron chi connectivity index (χ3n) is 4.94. The number of piperidine rings is 1. The number of likely N-dealkylation sites (tertiary alicyclic amines) is 1. The lowest BCUT2D eigenvalue weighted by molar-refractivity contribution is 0.177. The van der Waals surface area contributed by atoms with Gasteiger partial charge in [0.2, 0.25) is 0 Å². The number of primary amides is 1. The molecule has 1 aliphatic heterocycles. The van der Waals surface area contributed by atoms with Crippen molar-refractivity contribution in [1.29, 1.82) is 0 Å². The summed E-state index contributed by atoms with van der Waals surface area (Å²) in [6.07, 6.45) is 3.72. The SMILES string of the molecule is NC(=O)NCc1cccc(CN2CCC(Cc3ccccc3)CC2)c1. The first-order chi connectivity index (χ1) is 12.2. The van der Waals surface area contributed by atoms with E-state index in [9.17, 15) is 4.79 Å². The Bertz CT molecular complexity index is 679. The minimum Gasteiger partial charge on any atom is -0.352 e. The van der Waals surface area contributed by atoms with E-state index in [-0.39, 0.29) is 0 Å². The van der Waals surface area contributed by atoms with Gasteiger partial charge in [-0.1, -0.05) is 54.6 Å². The Morgan fingerprint density at radius 3 is 2.40 bits per heavy atom. The molecule has 132 valence electrons. The van der Waals surface area contributed by atoms with Crippen LogP contribution in [0.15, 0.2) is 54.6 Å². The fourth-order valence-electron chi connectivity index (χ4n) is 3.58. The molecule has 0 unspecified atom stereocenters. The normalized spacial score (nSPS) is 15.8. The average Bonchev–Trinajstić information content (AvgIpc) is 2.63. The molecule has 1 heterocycles. The van der Waals surface area contributed by atoms with Crippen molar-refractivity contribution < 1.29 is 4.79 Å². The molecule has 3 N–H and O–H groups in total. The minimum absolute atomic E-state index is 0.481. The lowest BCUT2D eigenvalue weighted by atomic mass is 9.90. The summed E-state index contributed by atoms with van der Waals surface area (Å²) in [7, 11) is 0. The molecule has 0 radical (unpaired) electrons. The Morgan fingerprint density at radius 2 is 1.68 bits per heavy atom. The number of rotatable bonds is 6. The van der Waals surface area contributed by atoms with Gasteiger partial charge in [0.25, 0.3) is 0 Å². The van der Waals surface area contributed by atoms with Crippen LogP contribution in [0.4, 0.5) is 4.79 Å². The van der Waals surface area contributed by atoms with E-state index in [1.165, 1.54) is 30.4 Å². The Kier molecular flexibility index (Phi) is 6.07. The van der Waals surface area contributed by atoms with E-state index >= 15 is 0 Å². The van der Waals surface area contributed by atoms with Crippen LogP contribution in [0.1, 0.15) is 29.5 Å². The van der Waals surface area contributed by atoms with Crippen molar-refractivity contribution in [2.24, 2.45) is 11.7 Å². The van der Waals surface area contributed by atoms with Crippen LogP contribution in [0.2, 0.25) is 0 Å². The van der Waals surface area contributed by atoms with Gasteiger partial charge in [-0.3, -0.25) is 4.90 Å². The molecule has 2 aromatic carbocycles. The number of nitrogens with two attached hydrogens (primary N) is 1. The van der Waals surface area contributed by atoms with Gasteiger partial charge < -0.3 is 11.1 Å². The van der Waals surface area contributed by atoms with Gasteiger partial charge in [0.05, 0.1) is 0 Å². The molecule has 0 saturated carbocycles. The molecule has 2 amide bonds. The van der Waals surface area contributed by atoms with Crippen molar-refractivity contribution in [2.45, 2.75) is 32.4 Å². The number of urea groups is 1. The van der Waals surface area contributed by atoms with E-state index in [0.717, 1.165) is 31.1 Å². The summed E-state index contributed by atoms with van der Waals surface area (Å²) in [6, 6.07) is 18.7. The van der Waals surface area contributed by atoms with Gasteiger partial charge >= 0.3 is 6.03 Å². The summed E-state index contributed by atoms with van der Waals surface area (Å²) in [5.41, 5.74) is 8.98. The van der Waals surface area contributed by atoms with Crippen LogP contribution in [0.5, 0.6) is 0 Å². The number of nitrogens with one attached hydrogen (secondary N) is 1. The maximum atomic E-state index is 10.8. The third kappa shape index (κ3) is 5.61. The number of hydrogen-bond donors (Lipinski definition) is 2. The van der Waals surface area contributed by atoms with E-state index in [1.54, 1.807) is 0 Å². The lowest BCUT2D eigenvalue weighted by Crippen LogP contribution is -2.34. The zero-order valence-corrected chi connectivity index (χ0v) is 14.7. The summed E-state index contributed by atoms with van der Waals surface area (Å²) in [5.74, 6) is 0.796. The van der Waals surface area contributed by atoms with Gasteiger partial charge in [-0.2, -0.15) is 0 Å². The molecular weight excluding hydrogens is 310 g/mol. The highest BCUT2D eigenvalue weighted by Gasteiger charge is 2.19. The molecule has 25 heavy (non-hydrogen) atoms. The molecular formula is C21H27N3O.